The first kappa shape index (κ1) is 25.9. The van der Waals surface area contributed by atoms with Crippen LogP contribution in [0.2, 0.25) is 0 Å². The zero-order valence-corrected chi connectivity index (χ0v) is 20.3. The fourth-order valence-corrected chi connectivity index (χ4v) is 3.49. The Morgan fingerprint density at radius 3 is 2.07 bits per heavy atom. The van der Waals surface area contributed by atoms with Crippen LogP contribution in [0, 0.1) is 5.92 Å². The van der Waals surface area contributed by atoms with Crippen molar-refractivity contribution in [2.45, 2.75) is 46.0 Å². The Balaban J connectivity index is 0.00000420. The summed E-state index contributed by atoms with van der Waals surface area (Å²) in [6, 6.07) is 0. The average molecular weight is 523 g/mol. The lowest BCUT2D eigenvalue weighted by Gasteiger charge is -2.35. The molecular formula is C20H38IN5O3. The van der Waals surface area contributed by atoms with Crippen molar-refractivity contribution < 1.29 is 14.3 Å². The van der Waals surface area contributed by atoms with Crippen LogP contribution in [0.5, 0.6) is 0 Å². The smallest absolute Gasteiger partial charge is 0.222 e. The number of hydrogen-bond acceptors (Lipinski definition) is 4. The van der Waals surface area contributed by atoms with E-state index in [0.29, 0.717) is 70.7 Å². The number of amides is 2. The highest BCUT2D eigenvalue weighted by Gasteiger charge is 2.23. The minimum Gasteiger partial charge on any atom is -0.378 e. The monoisotopic (exact) mass is 523 g/mol. The Morgan fingerprint density at radius 1 is 0.897 bits per heavy atom. The van der Waals surface area contributed by atoms with Crippen molar-refractivity contribution in [2.24, 2.45) is 16.6 Å². The Labute approximate surface area is 192 Å². The van der Waals surface area contributed by atoms with E-state index in [1.54, 1.807) is 0 Å². The number of guanidine groups is 1. The highest BCUT2D eigenvalue weighted by atomic mass is 127. The first-order chi connectivity index (χ1) is 13.5. The van der Waals surface area contributed by atoms with Gasteiger partial charge in [0.15, 0.2) is 5.96 Å². The van der Waals surface area contributed by atoms with E-state index >= 15 is 0 Å². The van der Waals surface area contributed by atoms with Gasteiger partial charge in [0.1, 0.15) is 0 Å². The summed E-state index contributed by atoms with van der Waals surface area (Å²) in [6.07, 6.45) is 3.95. The van der Waals surface area contributed by atoms with Crippen LogP contribution in [0.3, 0.4) is 0 Å². The summed E-state index contributed by atoms with van der Waals surface area (Å²) in [5.41, 5.74) is 6.00. The van der Waals surface area contributed by atoms with Crippen LogP contribution >= 0.6 is 24.0 Å². The molecule has 168 valence electrons. The summed E-state index contributed by atoms with van der Waals surface area (Å²) in [5.74, 6) is 1.39. The van der Waals surface area contributed by atoms with E-state index in [1.807, 2.05) is 9.80 Å². The quantitative estimate of drug-likeness (QED) is 0.226. The first-order valence-electron chi connectivity index (χ1n) is 10.7. The van der Waals surface area contributed by atoms with Gasteiger partial charge in [-0.15, -0.1) is 24.0 Å². The van der Waals surface area contributed by atoms with Gasteiger partial charge in [-0.25, -0.2) is 0 Å². The number of ether oxygens (including phenoxy) is 1. The number of hydrogen-bond donors (Lipinski definition) is 1. The maximum Gasteiger partial charge on any atom is 0.222 e. The second kappa shape index (κ2) is 14.0. The fraction of sp³-hybridized carbons (Fsp3) is 0.850. The van der Waals surface area contributed by atoms with Gasteiger partial charge in [0.25, 0.3) is 0 Å². The third-order valence-corrected chi connectivity index (χ3v) is 5.23. The molecule has 0 atom stereocenters. The predicted octanol–water partition coefficient (Wildman–Crippen LogP) is 1.53. The molecular weight excluding hydrogens is 485 g/mol. The van der Waals surface area contributed by atoms with Gasteiger partial charge in [-0.05, 0) is 18.8 Å². The number of morpholine rings is 1. The van der Waals surface area contributed by atoms with E-state index in [4.69, 9.17) is 10.5 Å². The lowest BCUT2D eigenvalue weighted by molar-refractivity contribution is -0.140. The molecule has 9 heteroatoms. The van der Waals surface area contributed by atoms with Crippen LogP contribution in [0.25, 0.3) is 0 Å². The molecule has 2 amide bonds. The van der Waals surface area contributed by atoms with Crippen LogP contribution < -0.4 is 5.73 Å². The molecule has 0 unspecified atom stereocenters. The molecule has 2 rings (SSSR count). The summed E-state index contributed by atoms with van der Waals surface area (Å²) < 4.78 is 5.30. The van der Waals surface area contributed by atoms with E-state index < -0.39 is 0 Å². The molecule has 2 aliphatic rings. The van der Waals surface area contributed by atoms with Crippen molar-refractivity contribution in [3.63, 3.8) is 0 Å². The normalized spacial score (nSPS) is 18.0. The number of unbranched alkanes of at least 4 members (excludes halogenated alkanes) is 2. The van der Waals surface area contributed by atoms with Crippen LogP contribution in [-0.4, -0.2) is 91.5 Å². The molecule has 2 N–H and O–H groups in total. The highest BCUT2D eigenvalue weighted by Crippen LogP contribution is 2.11. The summed E-state index contributed by atoms with van der Waals surface area (Å²) >= 11 is 0. The molecule has 2 saturated heterocycles. The van der Waals surface area contributed by atoms with Crippen molar-refractivity contribution in [3.8, 4) is 0 Å². The van der Waals surface area contributed by atoms with Crippen molar-refractivity contribution in [1.29, 1.82) is 0 Å². The molecule has 0 aromatic carbocycles. The molecule has 0 aromatic rings. The second-order valence-corrected chi connectivity index (χ2v) is 8.01. The predicted molar refractivity (Wildman–Crippen MR) is 125 cm³/mol. The van der Waals surface area contributed by atoms with Gasteiger partial charge in [-0.1, -0.05) is 20.3 Å². The number of nitrogens with two attached hydrogens (primary N) is 1. The van der Waals surface area contributed by atoms with Crippen LogP contribution in [0.1, 0.15) is 46.0 Å². The molecule has 2 heterocycles. The maximum atomic E-state index is 12.4. The van der Waals surface area contributed by atoms with Gasteiger partial charge in [0.05, 0.1) is 13.2 Å². The lowest BCUT2D eigenvalue weighted by atomic mass is 10.1. The van der Waals surface area contributed by atoms with Gasteiger partial charge in [0.2, 0.25) is 11.8 Å². The number of aliphatic imine (C=N–C) groups is 1. The van der Waals surface area contributed by atoms with Crippen molar-refractivity contribution in [2.75, 3.05) is 59.0 Å². The number of carbonyl (C=O) groups excluding carboxylic acids is 2. The Kier molecular flexibility index (Phi) is 12.5. The van der Waals surface area contributed by atoms with E-state index in [1.165, 1.54) is 0 Å². The summed E-state index contributed by atoms with van der Waals surface area (Å²) in [7, 11) is 0. The van der Waals surface area contributed by atoms with E-state index in [2.05, 4.69) is 23.7 Å². The molecule has 2 fully saturated rings. The number of piperazine rings is 1. The van der Waals surface area contributed by atoms with Crippen LogP contribution in [0.15, 0.2) is 4.99 Å². The molecule has 8 nitrogen and oxygen atoms in total. The molecule has 29 heavy (non-hydrogen) atoms. The van der Waals surface area contributed by atoms with Crippen molar-refractivity contribution in [1.82, 2.24) is 14.7 Å². The van der Waals surface area contributed by atoms with Gasteiger partial charge in [-0.2, -0.15) is 0 Å². The molecule has 0 aliphatic carbocycles. The van der Waals surface area contributed by atoms with E-state index in [9.17, 15) is 9.59 Å². The van der Waals surface area contributed by atoms with Crippen LogP contribution in [-0.2, 0) is 14.3 Å². The number of halogens is 1. The Hall–Kier alpha value is -1.10. The first-order valence-corrected chi connectivity index (χ1v) is 10.7. The Morgan fingerprint density at radius 2 is 1.48 bits per heavy atom. The highest BCUT2D eigenvalue weighted by molar-refractivity contribution is 14.0. The number of nitrogens with zero attached hydrogens (tertiary/aromatic N) is 4. The summed E-state index contributed by atoms with van der Waals surface area (Å²) in [6.45, 7) is 10.5. The third kappa shape index (κ3) is 9.50. The SMILES string of the molecule is CC(C)CC(=O)N1CCN(C(=O)CCCCCN=C(N)N2CCOCC2)CC1.I. The minimum absolute atomic E-state index is 0. The lowest BCUT2D eigenvalue weighted by Crippen LogP contribution is -2.50. The molecule has 0 saturated carbocycles. The molecule has 0 aromatic heterocycles. The second-order valence-electron chi connectivity index (χ2n) is 8.01. The van der Waals surface area contributed by atoms with Gasteiger partial charge in [0, 0.05) is 58.7 Å². The number of rotatable bonds is 8. The standard InChI is InChI=1S/C20H37N5O3.HI/c1-17(2)16-19(27)24-10-8-23(9-11-24)18(26)6-4-3-5-7-22-20(21)25-12-14-28-15-13-25;/h17H,3-16H2,1-2H3,(H2,21,22);1H. The van der Waals surface area contributed by atoms with Crippen molar-refractivity contribution in [3.05, 3.63) is 0 Å². The molecule has 0 bridgehead atoms. The fourth-order valence-electron chi connectivity index (χ4n) is 3.49. The van der Waals surface area contributed by atoms with Crippen molar-refractivity contribution >= 4 is 41.8 Å². The van der Waals surface area contributed by atoms with E-state index in [0.717, 1.165) is 32.4 Å². The average Bonchev–Trinajstić information content (AvgIpc) is 2.70. The zero-order chi connectivity index (χ0) is 20.4. The zero-order valence-electron chi connectivity index (χ0n) is 18.0. The van der Waals surface area contributed by atoms with E-state index in [-0.39, 0.29) is 35.8 Å². The molecule has 2 aliphatic heterocycles. The third-order valence-electron chi connectivity index (χ3n) is 5.23. The summed E-state index contributed by atoms with van der Waals surface area (Å²) in [4.78, 5) is 34.7. The van der Waals surface area contributed by atoms with Crippen LogP contribution in [0.4, 0.5) is 0 Å². The molecule has 0 radical (unpaired) electrons. The van der Waals surface area contributed by atoms with Gasteiger partial charge >= 0.3 is 0 Å². The topological polar surface area (TPSA) is 91.5 Å². The summed E-state index contributed by atoms with van der Waals surface area (Å²) in [5, 5.41) is 0. The largest absolute Gasteiger partial charge is 0.378 e. The maximum absolute atomic E-state index is 12.4. The Bertz CT molecular complexity index is 530. The number of carbonyl (C=O) groups is 2. The van der Waals surface area contributed by atoms with Gasteiger partial charge < -0.3 is 25.2 Å². The molecule has 0 spiro atoms. The minimum atomic E-state index is 0. The van der Waals surface area contributed by atoms with Gasteiger partial charge in [-0.3, -0.25) is 14.6 Å².